The molecule has 0 saturated carbocycles. The van der Waals surface area contributed by atoms with Crippen LogP contribution in [-0.2, 0) is 4.79 Å². The first kappa shape index (κ1) is 26.5. The van der Waals surface area contributed by atoms with E-state index in [1.807, 2.05) is 69.3 Å². The molecule has 0 atom stereocenters. The first-order valence-electron chi connectivity index (χ1n) is 11.8. The van der Waals surface area contributed by atoms with Gasteiger partial charge in [0, 0.05) is 29.4 Å². The Morgan fingerprint density at radius 3 is 2.33 bits per heavy atom. The minimum Gasteiger partial charge on any atom is -0.497 e. The molecule has 0 unspecified atom stereocenters. The molecule has 0 spiro atoms. The van der Waals surface area contributed by atoms with Gasteiger partial charge < -0.3 is 4.74 Å². The number of nitrogens with zero attached hydrogens (tertiary/aromatic N) is 2. The Balaban J connectivity index is 0.000000323. The first-order chi connectivity index (χ1) is 16.0. The van der Waals surface area contributed by atoms with E-state index in [1.165, 1.54) is 12.0 Å². The fourth-order valence-corrected chi connectivity index (χ4v) is 4.03. The zero-order valence-corrected chi connectivity index (χ0v) is 21.2. The number of pyridine rings is 1. The molecule has 4 rings (SSSR count). The van der Waals surface area contributed by atoms with Crippen molar-refractivity contribution >= 4 is 34.5 Å². The third-order valence-corrected chi connectivity index (χ3v) is 6.13. The third-order valence-electron chi connectivity index (χ3n) is 5.88. The van der Waals surface area contributed by atoms with Crippen LogP contribution in [0.1, 0.15) is 51.2 Å². The fraction of sp³-hybridized carbons (Fsp3) is 0.393. The summed E-state index contributed by atoms with van der Waals surface area (Å²) in [5.41, 5.74) is 3.83. The number of halogens is 1. The summed E-state index contributed by atoms with van der Waals surface area (Å²) < 4.78 is 7.54. The molecule has 3 aromatic rings. The predicted octanol–water partition coefficient (Wildman–Crippen LogP) is 6.74. The molecule has 0 radical (unpaired) electrons. The van der Waals surface area contributed by atoms with Crippen LogP contribution in [0.3, 0.4) is 0 Å². The Morgan fingerprint density at radius 2 is 1.79 bits per heavy atom. The number of benzene rings is 2. The van der Waals surface area contributed by atoms with Gasteiger partial charge in [0.15, 0.2) is 0 Å². The van der Waals surface area contributed by atoms with Crippen molar-refractivity contribution in [2.24, 2.45) is 5.92 Å². The highest BCUT2D eigenvalue weighted by molar-refractivity contribution is 6.36. The largest absolute Gasteiger partial charge is 0.497 e. The molecule has 33 heavy (non-hydrogen) atoms. The number of aryl methyl sites for hydroxylation is 1. The van der Waals surface area contributed by atoms with Gasteiger partial charge in [-0.2, -0.15) is 0 Å². The van der Waals surface area contributed by atoms with E-state index < -0.39 is 0 Å². The number of fused-ring (bicyclic) bond motifs is 1. The van der Waals surface area contributed by atoms with Crippen molar-refractivity contribution in [3.05, 3.63) is 70.9 Å². The summed E-state index contributed by atoms with van der Waals surface area (Å²) in [4.78, 5) is 16.2. The second-order valence-corrected chi connectivity index (χ2v) is 8.32. The molecule has 2 heterocycles. The number of aldehydes is 1. The van der Waals surface area contributed by atoms with Crippen LogP contribution < -0.4 is 4.74 Å². The predicted molar refractivity (Wildman–Crippen MR) is 139 cm³/mol. The quantitative estimate of drug-likeness (QED) is 0.315. The van der Waals surface area contributed by atoms with Gasteiger partial charge in [0.25, 0.3) is 0 Å². The van der Waals surface area contributed by atoms with Crippen molar-refractivity contribution in [2.45, 2.75) is 47.0 Å². The smallest absolute Gasteiger partial charge is 0.248 e. The van der Waals surface area contributed by atoms with Gasteiger partial charge in [0.2, 0.25) is 12.0 Å². The van der Waals surface area contributed by atoms with Crippen LogP contribution in [0.25, 0.3) is 10.9 Å². The number of carbonyl (C=O) groups is 1. The van der Waals surface area contributed by atoms with Crippen LogP contribution in [0, 0.1) is 12.8 Å². The zero-order valence-electron chi connectivity index (χ0n) is 20.5. The van der Waals surface area contributed by atoms with Gasteiger partial charge in [-0.15, -0.1) is 0 Å². The van der Waals surface area contributed by atoms with Crippen LogP contribution in [-0.4, -0.2) is 41.8 Å². The summed E-state index contributed by atoms with van der Waals surface area (Å²) in [5.74, 6) is 1.56. The minimum atomic E-state index is 0.764. The highest BCUT2D eigenvalue weighted by atomic mass is 35.5. The van der Waals surface area contributed by atoms with Crippen molar-refractivity contribution in [2.75, 3.05) is 20.2 Å². The lowest BCUT2D eigenvalue weighted by atomic mass is 9.94. The van der Waals surface area contributed by atoms with E-state index in [0.717, 1.165) is 71.1 Å². The summed E-state index contributed by atoms with van der Waals surface area (Å²) in [7, 11) is 1.65. The van der Waals surface area contributed by atoms with Gasteiger partial charge in [0.05, 0.1) is 18.2 Å². The molecule has 0 bridgehead atoms. The molecular weight excluding hydrogens is 432 g/mol. The second kappa shape index (κ2) is 13.7. The maximum Gasteiger partial charge on any atom is 0.248 e. The molecule has 1 fully saturated rings. The Bertz CT molecular complexity index is 1030. The molecule has 0 amide bonds. The highest BCUT2D eigenvalue weighted by Gasteiger charge is 2.25. The Morgan fingerprint density at radius 1 is 1.12 bits per heavy atom. The maximum atomic E-state index is 11.8. The Kier molecular flexibility index (Phi) is 11.0. The Hall–Kier alpha value is -2.72. The molecule has 4 nitrogen and oxygen atoms in total. The average Bonchev–Trinajstić information content (AvgIpc) is 2.88. The zero-order chi connectivity index (χ0) is 24.2. The van der Waals surface area contributed by atoms with Gasteiger partial charge in [-0.1, -0.05) is 56.5 Å². The highest BCUT2D eigenvalue weighted by Crippen LogP contribution is 2.24. The van der Waals surface area contributed by atoms with Crippen LogP contribution in [0.15, 0.2) is 54.7 Å². The number of aromatic nitrogens is 1. The SMILES string of the molecule is CC.CCC1CC[N+](=C(C=O)c2ccnc3ccc(OC)cc23)CC1.Cc1ccc(Cl)cc1. The number of methoxy groups -OCH3 is 1. The van der Waals surface area contributed by atoms with Crippen molar-refractivity contribution < 1.29 is 14.1 Å². The monoisotopic (exact) mass is 467 g/mol. The van der Waals surface area contributed by atoms with Gasteiger partial charge in [-0.25, -0.2) is 4.58 Å². The van der Waals surface area contributed by atoms with Crippen molar-refractivity contribution in [3.8, 4) is 5.75 Å². The van der Waals surface area contributed by atoms with Gasteiger partial charge in [0.1, 0.15) is 18.8 Å². The standard InChI is InChI=1S/C19H23N2O2.C7H7Cl.C2H6/c1-3-14-7-10-21(11-8-14)19(13-22)16-6-9-20-18-5-4-15(23-2)12-17(16)18;1-6-2-4-7(8)5-3-6;1-2/h4-6,9,12-14H,3,7-8,10-11H2,1-2H3;2-5H,1H3;1-2H3/q+1;;. The molecular formula is C28H36ClN2O2+. The number of ether oxygens (including phenoxy) is 1. The van der Waals surface area contributed by atoms with E-state index in [4.69, 9.17) is 16.3 Å². The number of rotatable bonds is 4. The van der Waals surface area contributed by atoms with Crippen LogP contribution in [0.5, 0.6) is 5.75 Å². The van der Waals surface area contributed by atoms with E-state index >= 15 is 0 Å². The summed E-state index contributed by atoms with van der Waals surface area (Å²) in [6.45, 7) is 10.2. The Labute approximate surface area is 203 Å². The molecule has 2 aromatic carbocycles. The first-order valence-corrected chi connectivity index (χ1v) is 12.2. The second-order valence-electron chi connectivity index (χ2n) is 7.88. The molecule has 1 aliphatic heterocycles. The number of hydrogen-bond donors (Lipinski definition) is 0. The minimum absolute atomic E-state index is 0.764. The fourth-order valence-electron chi connectivity index (χ4n) is 3.90. The molecule has 5 heteroatoms. The molecule has 1 aliphatic rings. The molecule has 1 saturated heterocycles. The summed E-state index contributed by atoms with van der Waals surface area (Å²) >= 11 is 5.61. The van der Waals surface area contributed by atoms with E-state index in [0.29, 0.717) is 0 Å². The average molecular weight is 468 g/mol. The van der Waals surface area contributed by atoms with Gasteiger partial charge in [-0.3, -0.25) is 9.78 Å². The van der Waals surface area contributed by atoms with E-state index in [-0.39, 0.29) is 0 Å². The maximum absolute atomic E-state index is 11.8. The van der Waals surface area contributed by atoms with E-state index in [2.05, 4.69) is 16.5 Å². The van der Waals surface area contributed by atoms with Gasteiger partial charge in [-0.05, 0) is 49.2 Å². The summed E-state index contributed by atoms with van der Waals surface area (Å²) in [5, 5.41) is 1.77. The van der Waals surface area contributed by atoms with Crippen LogP contribution in [0.4, 0.5) is 0 Å². The van der Waals surface area contributed by atoms with Crippen LogP contribution in [0.2, 0.25) is 5.02 Å². The third kappa shape index (κ3) is 7.40. The molecule has 0 N–H and O–H groups in total. The summed E-state index contributed by atoms with van der Waals surface area (Å²) in [6, 6.07) is 15.5. The van der Waals surface area contributed by atoms with Crippen molar-refractivity contribution in [1.82, 2.24) is 4.98 Å². The number of hydrogen-bond acceptors (Lipinski definition) is 3. The molecule has 176 valence electrons. The lowest BCUT2D eigenvalue weighted by molar-refractivity contribution is -0.539. The number of piperidine rings is 1. The lowest BCUT2D eigenvalue weighted by Gasteiger charge is -2.20. The number of carbonyl (C=O) groups excluding carboxylic acids is 1. The van der Waals surface area contributed by atoms with E-state index in [1.54, 1.807) is 13.3 Å². The topological polar surface area (TPSA) is 42.2 Å². The van der Waals surface area contributed by atoms with Gasteiger partial charge >= 0.3 is 0 Å². The molecule has 1 aromatic heterocycles. The van der Waals surface area contributed by atoms with Crippen molar-refractivity contribution in [3.63, 3.8) is 0 Å². The lowest BCUT2D eigenvalue weighted by Crippen LogP contribution is -2.32. The van der Waals surface area contributed by atoms with E-state index in [9.17, 15) is 4.79 Å². The van der Waals surface area contributed by atoms with Crippen LogP contribution >= 0.6 is 11.6 Å². The van der Waals surface area contributed by atoms with Crippen molar-refractivity contribution in [1.29, 1.82) is 0 Å². The normalized spacial score (nSPS) is 15.0. The molecule has 0 aliphatic carbocycles. The summed E-state index contributed by atoms with van der Waals surface area (Å²) in [6.07, 6.45) is 6.28.